The van der Waals surface area contributed by atoms with Crippen molar-refractivity contribution < 1.29 is 18.3 Å². The van der Waals surface area contributed by atoms with E-state index in [4.69, 9.17) is 9.47 Å². The van der Waals surface area contributed by atoms with E-state index in [9.17, 15) is 13.6 Å². The molecule has 0 fully saturated rings. The van der Waals surface area contributed by atoms with Crippen LogP contribution in [0.15, 0.2) is 53.3 Å². The van der Waals surface area contributed by atoms with Gasteiger partial charge in [0, 0.05) is 12.5 Å². The smallest absolute Gasteiger partial charge is 0.300 e. The third-order valence-electron chi connectivity index (χ3n) is 5.65. The number of aromatic nitrogens is 2. The number of hydrogen-bond acceptors (Lipinski definition) is 4. The molecule has 2 aromatic carbocycles. The van der Waals surface area contributed by atoms with E-state index in [1.54, 1.807) is 0 Å². The Morgan fingerprint density at radius 1 is 1.19 bits per heavy atom. The molecule has 0 spiro atoms. The van der Waals surface area contributed by atoms with Crippen molar-refractivity contribution in [2.45, 2.75) is 45.8 Å². The van der Waals surface area contributed by atoms with Gasteiger partial charge in [-0.3, -0.25) is 9.36 Å². The van der Waals surface area contributed by atoms with Gasteiger partial charge in [0.1, 0.15) is 12.4 Å². The van der Waals surface area contributed by atoms with Crippen LogP contribution >= 0.6 is 0 Å². The lowest BCUT2D eigenvalue weighted by molar-refractivity contribution is -0.0169. The van der Waals surface area contributed by atoms with Crippen molar-refractivity contribution in [3.8, 4) is 22.9 Å². The van der Waals surface area contributed by atoms with Crippen LogP contribution in [0.1, 0.15) is 30.2 Å². The number of hydrogen-bond donors (Lipinski definition) is 0. The summed E-state index contributed by atoms with van der Waals surface area (Å²) >= 11 is 0. The lowest BCUT2D eigenvalue weighted by Gasteiger charge is -2.17. The number of nitrogens with zero attached hydrogens (tertiary/aromatic N) is 2. The minimum atomic E-state index is -3.13. The first-order valence-electron chi connectivity index (χ1n) is 10.2. The Morgan fingerprint density at radius 2 is 1.97 bits per heavy atom. The number of halogens is 2. The fourth-order valence-electron chi connectivity index (χ4n) is 3.72. The first kappa shape index (κ1) is 21.0. The van der Waals surface area contributed by atoms with Gasteiger partial charge in [0.25, 0.3) is 11.5 Å². The van der Waals surface area contributed by atoms with E-state index in [2.05, 4.69) is 31.0 Å². The standard InChI is InChI=1S/C24H24F2N2O3/c1-4-24(25,26)21-12-22(29)27-23-28(21)13-19(31-23)14-30-18-9-6-8-17(11-18)20-10-5-7-15(2)16(20)3/h5-12,19H,4,13-14H2,1-3H3. The van der Waals surface area contributed by atoms with Crippen molar-refractivity contribution in [1.29, 1.82) is 0 Å². The molecule has 1 aliphatic heterocycles. The van der Waals surface area contributed by atoms with Crippen LogP contribution in [0.5, 0.6) is 11.8 Å². The predicted octanol–water partition coefficient (Wildman–Crippen LogP) is 4.87. The van der Waals surface area contributed by atoms with Crippen LogP contribution in [-0.4, -0.2) is 22.3 Å². The Bertz CT molecular complexity index is 1170. The molecule has 7 heteroatoms. The average molecular weight is 426 g/mol. The fraction of sp³-hybridized carbons (Fsp3) is 0.333. The van der Waals surface area contributed by atoms with Crippen LogP contribution in [0.25, 0.3) is 11.1 Å². The van der Waals surface area contributed by atoms with Crippen LogP contribution in [0.2, 0.25) is 0 Å². The summed E-state index contributed by atoms with van der Waals surface area (Å²) in [5, 5.41) is 0. The fourth-order valence-corrected chi connectivity index (χ4v) is 3.72. The summed E-state index contributed by atoms with van der Waals surface area (Å²) in [4.78, 5) is 15.5. The molecule has 162 valence electrons. The largest absolute Gasteiger partial charge is 0.490 e. The molecule has 0 saturated carbocycles. The van der Waals surface area contributed by atoms with Gasteiger partial charge in [-0.2, -0.15) is 13.8 Å². The molecule has 1 atom stereocenters. The topological polar surface area (TPSA) is 53.4 Å². The van der Waals surface area contributed by atoms with Gasteiger partial charge in [-0.25, -0.2) is 0 Å². The molecule has 1 aromatic heterocycles. The average Bonchev–Trinajstić information content (AvgIpc) is 3.16. The second kappa shape index (κ2) is 8.13. The number of ether oxygens (including phenoxy) is 2. The van der Waals surface area contributed by atoms with Crippen molar-refractivity contribution >= 4 is 0 Å². The SMILES string of the molecule is CCC(F)(F)c1cc(=O)nc2n1CC(COc1cccc(-c3cccc(C)c3C)c1)O2. The highest BCUT2D eigenvalue weighted by molar-refractivity contribution is 5.69. The van der Waals surface area contributed by atoms with Crippen molar-refractivity contribution in [3.63, 3.8) is 0 Å². The summed E-state index contributed by atoms with van der Waals surface area (Å²) in [5.41, 5.74) is 3.47. The quantitative estimate of drug-likeness (QED) is 0.564. The summed E-state index contributed by atoms with van der Waals surface area (Å²) in [5.74, 6) is -2.48. The van der Waals surface area contributed by atoms with E-state index in [0.29, 0.717) is 5.75 Å². The van der Waals surface area contributed by atoms with Crippen LogP contribution in [0.4, 0.5) is 8.78 Å². The Hall–Kier alpha value is -3.22. The van der Waals surface area contributed by atoms with Crippen LogP contribution in [-0.2, 0) is 12.5 Å². The van der Waals surface area contributed by atoms with E-state index < -0.39 is 24.0 Å². The van der Waals surface area contributed by atoms with Crippen molar-refractivity contribution in [1.82, 2.24) is 9.55 Å². The van der Waals surface area contributed by atoms with E-state index in [1.165, 1.54) is 22.6 Å². The normalized spacial score (nSPS) is 15.5. The van der Waals surface area contributed by atoms with Crippen molar-refractivity contribution in [3.05, 3.63) is 75.7 Å². The first-order chi connectivity index (χ1) is 14.8. The maximum atomic E-state index is 14.3. The highest BCUT2D eigenvalue weighted by Gasteiger charge is 2.37. The highest BCUT2D eigenvalue weighted by Crippen LogP contribution is 2.34. The predicted molar refractivity (Wildman–Crippen MR) is 114 cm³/mol. The van der Waals surface area contributed by atoms with Crippen LogP contribution in [0.3, 0.4) is 0 Å². The minimum Gasteiger partial charge on any atom is -0.490 e. The monoisotopic (exact) mass is 426 g/mol. The second-order valence-electron chi connectivity index (χ2n) is 7.76. The molecule has 3 aromatic rings. The van der Waals surface area contributed by atoms with Gasteiger partial charge in [-0.15, -0.1) is 0 Å². The molecule has 2 heterocycles. The van der Waals surface area contributed by atoms with Gasteiger partial charge < -0.3 is 9.47 Å². The zero-order chi connectivity index (χ0) is 22.2. The van der Waals surface area contributed by atoms with Crippen LogP contribution < -0.4 is 15.0 Å². The summed E-state index contributed by atoms with van der Waals surface area (Å²) in [6, 6.07) is 14.7. The van der Waals surface area contributed by atoms with Gasteiger partial charge in [0.2, 0.25) is 0 Å². The molecule has 31 heavy (non-hydrogen) atoms. The Morgan fingerprint density at radius 3 is 2.74 bits per heavy atom. The molecule has 0 bridgehead atoms. The molecule has 0 N–H and O–H groups in total. The molecule has 1 aliphatic rings. The third-order valence-corrected chi connectivity index (χ3v) is 5.65. The molecule has 1 unspecified atom stereocenters. The molecule has 5 nitrogen and oxygen atoms in total. The number of rotatable bonds is 6. The molecule has 0 amide bonds. The zero-order valence-electron chi connectivity index (χ0n) is 17.7. The maximum Gasteiger partial charge on any atom is 0.300 e. The summed E-state index contributed by atoms with van der Waals surface area (Å²) in [6.45, 7) is 5.82. The first-order valence-corrected chi connectivity index (χ1v) is 10.2. The van der Waals surface area contributed by atoms with E-state index in [0.717, 1.165) is 17.2 Å². The molecular formula is C24H24F2N2O3. The molecule has 0 saturated heterocycles. The highest BCUT2D eigenvalue weighted by atomic mass is 19.3. The maximum absolute atomic E-state index is 14.3. The Labute approximate surface area is 179 Å². The zero-order valence-corrected chi connectivity index (χ0v) is 17.7. The molecule has 0 radical (unpaired) electrons. The summed E-state index contributed by atoms with van der Waals surface area (Å²) in [7, 11) is 0. The summed E-state index contributed by atoms with van der Waals surface area (Å²) < 4.78 is 41.4. The Kier molecular flexibility index (Phi) is 5.52. The number of fused-ring (bicyclic) bond motifs is 1. The molecular weight excluding hydrogens is 402 g/mol. The molecule has 4 rings (SSSR count). The number of aryl methyl sites for hydroxylation is 1. The number of benzene rings is 2. The Balaban J connectivity index is 1.50. The third kappa shape index (κ3) is 4.17. The van der Waals surface area contributed by atoms with Gasteiger partial charge in [0.05, 0.1) is 12.2 Å². The van der Waals surface area contributed by atoms with Gasteiger partial charge in [-0.1, -0.05) is 37.3 Å². The number of alkyl halides is 2. The lowest BCUT2D eigenvalue weighted by atomic mass is 9.97. The van der Waals surface area contributed by atoms with E-state index >= 15 is 0 Å². The minimum absolute atomic E-state index is 0.0895. The van der Waals surface area contributed by atoms with Gasteiger partial charge in [-0.05, 0) is 48.2 Å². The van der Waals surface area contributed by atoms with Gasteiger partial charge >= 0.3 is 6.01 Å². The van der Waals surface area contributed by atoms with Gasteiger partial charge in [0.15, 0.2) is 6.10 Å². The van der Waals surface area contributed by atoms with Crippen LogP contribution in [0, 0.1) is 13.8 Å². The summed E-state index contributed by atoms with van der Waals surface area (Å²) in [6.07, 6.45) is -0.938. The van der Waals surface area contributed by atoms with E-state index in [-0.39, 0.29) is 24.9 Å². The molecule has 0 aliphatic carbocycles. The van der Waals surface area contributed by atoms with E-state index in [1.807, 2.05) is 30.3 Å². The second-order valence-corrected chi connectivity index (χ2v) is 7.76. The lowest BCUT2D eigenvalue weighted by Crippen LogP contribution is -2.25. The van der Waals surface area contributed by atoms with Crippen molar-refractivity contribution in [2.24, 2.45) is 0 Å². The van der Waals surface area contributed by atoms with Crippen molar-refractivity contribution in [2.75, 3.05) is 6.61 Å².